The summed E-state index contributed by atoms with van der Waals surface area (Å²) >= 11 is 0. The van der Waals surface area contributed by atoms with Gasteiger partial charge in [0.15, 0.2) is 0 Å². The zero-order chi connectivity index (χ0) is 13.1. The Morgan fingerprint density at radius 2 is 2.00 bits per heavy atom. The summed E-state index contributed by atoms with van der Waals surface area (Å²) in [5.74, 6) is -0.222. The molecule has 0 saturated heterocycles. The average molecular weight is 242 g/mol. The van der Waals surface area contributed by atoms with Crippen LogP contribution in [0.4, 0.5) is 0 Å². The monoisotopic (exact) mass is 242 g/mol. The first-order valence-electron chi connectivity index (χ1n) is 6.41. The van der Waals surface area contributed by atoms with E-state index in [1.54, 1.807) is 0 Å². The highest BCUT2D eigenvalue weighted by atomic mass is 16.5. The topological polar surface area (TPSA) is 55.6 Å². The van der Waals surface area contributed by atoms with E-state index in [1.165, 1.54) is 20.0 Å². The van der Waals surface area contributed by atoms with E-state index in [-0.39, 0.29) is 12.0 Å². The number of carbonyl (C=O) groups excluding carboxylic acids is 1. The lowest BCUT2D eigenvalue weighted by Crippen LogP contribution is -2.50. The Balaban J connectivity index is 2.57. The average Bonchev–Trinajstić information content (AvgIpc) is 2.29. The summed E-state index contributed by atoms with van der Waals surface area (Å²) < 4.78 is 4.80. The van der Waals surface area contributed by atoms with Crippen LogP contribution in [0.15, 0.2) is 0 Å². The van der Waals surface area contributed by atoms with Gasteiger partial charge in [-0.2, -0.15) is 0 Å². The molecular formula is C13H26N2O2. The molecule has 2 N–H and O–H groups in total. The van der Waals surface area contributed by atoms with E-state index in [4.69, 9.17) is 10.5 Å². The fourth-order valence-corrected chi connectivity index (χ4v) is 2.61. The second-order valence-electron chi connectivity index (χ2n) is 5.84. The van der Waals surface area contributed by atoms with Gasteiger partial charge in [-0.1, -0.05) is 13.8 Å². The molecule has 1 rings (SSSR count). The number of hydrogen-bond acceptors (Lipinski definition) is 4. The molecule has 1 fully saturated rings. The van der Waals surface area contributed by atoms with Crippen LogP contribution in [-0.2, 0) is 9.53 Å². The number of esters is 1. The van der Waals surface area contributed by atoms with Crippen molar-refractivity contribution in [2.45, 2.75) is 51.6 Å². The summed E-state index contributed by atoms with van der Waals surface area (Å²) in [7, 11) is 3.40. The fraction of sp³-hybridized carbons (Fsp3) is 0.923. The Labute approximate surface area is 104 Å². The Morgan fingerprint density at radius 1 is 1.47 bits per heavy atom. The number of carbonyl (C=O) groups is 1. The third kappa shape index (κ3) is 3.68. The molecule has 0 bridgehead atoms. The zero-order valence-electron chi connectivity index (χ0n) is 11.5. The molecule has 4 heteroatoms. The Kier molecular flexibility index (Phi) is 4.95. The van der Waals surface area contributed by atoms with Crippen LogP contribution in [0.2, 0.25) is 0 Å². The van der Waals surface area contributed by atoms with E-state index in [9.17, 15) is 4.79 Å². The molecule has 0 aromatic carbocycles. The van der Waals surface area contributed by atoms with Gasteiger partial charge in [-0.25, -0.2) is 0 Å². The van der Waals surface area contributed by atoms with E-state index in [0.29, 0.717) is 18.0 Å². The largest absolute Gasteiger partial charge is 0.468 e. The van der Waals surface area contributed by atoms with Crippen molar-refractivity contribution in [2.75, 3.05) is 20.7 Å². The molecule has 0 heterocycles. The van der Waals surface area contributed by atoms with E-state index >= 15 is 0 Å². The number of methoxy groups -OCH3 is 1. The smallest absolute Gasteiger partial charge is 0.324 e. The molecule has 1 aliphatic carbocycles. The van der Waals surface area contributed by atoms with Gasteiger partial charge in [0.25, 0.3) is 0 Å². The van der Waals surface area contributed by atoms with Crippen LogP contribution in [0.1, 0.15) is 39.5 Å². The highest BCUT2D eigenvalue weighted by Crippen LogP contribution is 2.36. The summed E-state index contributed by atoms with van der Waals surface area (Å²) in [6.45, 7) is 4.94. The minimum Gasteiger partial charge on any atom is -0.468 e. The van der Waals surface area contributed by atoms with Crippen LogP contribution in [0.5, 0.6) is 0 Å². The Hall–Kier alpha value is -0.610. The van der Waals surface area contributed by atoms with E-state index in [2.05, 4.69) is 18.7 Å². The zero-order valence-corrected chi connectivity index (χ0v) is 11.5. The van der Waals surface area contributed by atoms with Gasteiger partial charge in [0, 0.05) is 12.6 Å². The first-order valence-corrected chi connectivity index (χ1v) is 6.41. The van der Waals surface area contributed by atoms with Gasteiger partial charge in [0.1, 0.15) is 6.04 Å². The molecule has 1 saturated carbocycles. The molecule has 1 aliphatic rings. The van der Waals surface area contributed by atoms with Gasteiger partial charge in [-0.3, -0.25) is 9.69 Å². The molecule has 100 valence electrons. The molecule has 0 aliphatic heterocycles. The van der Waals surface area contributed by atoms with Crippen molar-refractivity contribution in [3.63, 3.8) is 0 Å². The van der Waals surface area contributed by atoms with E-state index in [0.717, 1.165) is 12.8 Å². The second kappa shape index (κ2) is 5.83. The molecule has 1 atom stereocenters. The lowest BCUT2D eigenvalue weighted by Gasteiger charge is -2.40. The van der Waals surface area contributed by atoms with E-state index in [1.807, 2.05) is 7.05 Å². The number of hydrogen-bond donors (Lipinski definition) is 1. The SMILES string of the molecule is COC(=O)C(CN)N(C)C1CCC(C)(C)CC1. The van der Waals surface area contributed by atoms with Crippen molar-refractivity contribution in [1.29, 1.82) is 0 Å². The highest BCUT2D eigenvalue weighted by molar-refractivity contribution is 5.75. The van der Waals surface area contributed by atoms with Crippen LogP contribution in [-0.4, -0.2) is 43.7 Å². The molecule has 0 radical (unpaired) electrons. The standard InChI is InChI=1S/C13H26N2O2/c1-13(2)7-5-10(6-8-13)15(3)11(9-14)12(16)17-4/h10-11H,5-9,14H2,1-4H3. The normalized spacial score (nSPS) is 22.5. The predicted molar refractivity (Wildman–Crippen MR) is 68.7 cm³/mol. The van der Waals surface area contributed by atoms with Gasteiger partial charge in [-0.15, -0.1) is 0 Å². The number of nitrogens with zero attached hydrogens (tertiary/aromatic N) is 1. The van der Waals surface area contributed by atoms with Crippen LogP contribution >= 0.6 is 0 Å². The van der Waals surface area contributed by atoms with Gasteiger partial charge in [-0.05, 0) is 38.1 Å². The Bertz CT molecular complexity index is 256. The number of rotatable bonds is 4. The first kappa shape index (κ1) is 14.5. The van der Waals surface area contributed by atoms with Crippen LogP contribution in [0.25, 0.3) is 0 Å². The summed E-state index contributed by atoms with van der Waals surface area (Å²) in [4.78, 5) is 13.7. The summed E-state index contributed by atoms with van der Waals surface area (Å²) in [6.07, 6.45) is 4.69. The maximum Gasteiger partial charge on any atom is 0.324 e. The van der Waals surface area contributed by atoms with Gasteiger partial charge in [0.2, 0.25) is 0 Å². The second-order valence-corrected chi connectivity index (χ2v) is 5.84. The van der Waals surface area contributed by atoms with E-state index < -0.39 is 0 Å². The molecule has 0 spiro atoms. The molecule has 0 amide bonds. The summed E-state index contributed by atoms with van der Waals surface area (Å²) in [6, 6.07) is 0.155. The van der Waals surface area contributed by atoms with Gasteiger partial charge < -0.3 is 10.5 Å². The molecular weight excluding hydrogens is 216 g/mol. The minimum atomic E-state index is -0.300. The van der Waals surface area contributed by atoms with Gasteiger partial charge in [0.05, 0.1) is 7.11 Å². The Morgan fingerprint density at radius 3 is 2.41 bits per heavy atom. The molecule has 1 unspecified atom stereocenters. The third-order valence-electron chi connectivity index (χ3n) is 4.07. The van der Waals surface area contributed by atoms with Crippen molar-refractivity contribution in [3.05, 3.63) is 0 Å². The van der Waals surface area contributed by atoms with Crippen molar-refractivity contribution in [2.24, 2.45) is 11.1 Å². The lowest BCUT2D eigenvalue weighted by atomic mass is 9.75. The molecule has 17 heavy (non-hydrogen) atoms. The van der Waals surface area contributed by atoms with Crippen molar-refractivity contribution >= 4 is 5.97 Å². The van der Waals surface area contributed by atoms with Crippen molar-refractivity contribution in [1.82, 2.24) is 4.90 Å². The number of ether oxygens (including phenoxy) is 1. The van der Waals surface area contributed by atoms with Crippen LogP contribution < -0.4 is 5.73 Å². The highest BCUT2D eigenvalue weighted by Gasteiger charge is 2.33. The van der Waals surface area contributed by atoms with Crippen molar-refractivity contribution in [3.8, 4) is 0 Å². The maximum absolute atomic E-state index is 11.6. The first-order chi connectivity index (χ1) is 7.91. The molecule has 0 aromatic rings. The van der Waals surface area contributed by atoms with Crippen molar-refractivity contribution < 1.29 is 9.53 Å². The molecule has 0 aromatic heterocycles. The minimum absolute atomic E-state index is 0.222. The lowest BCUT2D eigenvalue weighted by molar-refractivity contribution is -0.147. The number of likely N-dealkylation sites (N-methyl/N-ethyl adjacent to an activating group) is 1. The summed E-state index contributed by atoms with van der Waals surface area (Å²) in [5.41, 5.74) is 6.11. The fourth-order valence-electron chi connectivity index (χ4n) is 2.61. The van der Waals surface area contributed by atoms with Crippen LogP contribution in [0, 0.1) is 5.41 Å². The van der Waals surface area contributed by atoms with Crippen LogP contribution in [0.3, 0.4) is 0 Å². The maximum atomic E-state index is 11.6. The van der Waals surface area contributed by atoms with Gasteiger partial charge >= 0.3 is 5.97 Å². The number of nitrogens with two attached hydrogens (primary N) is 1. The molecule has 4 nitrogen and oxygen atoms in total. The third-order valence-corrected chi connectivity index (χ3v) is 4.07. The summed E-state index contributed by atoms with van der Waals surface area (Å²) in [5, 5.41) is 0. The predicted octanol–water partition coefficient (Wildman–Crippen LogP) is 1.39. The quantitative estimate of drug-likeness (QED) is 0.757.